The van der Waals surface area contributed by atoms with E-state index in [1.807, 2.05) is 0 Å². The van der Waals surface area contributed by atoms with Crippen molar-refractivity contribution in [1.29, 1.82) is 0 Å². The Kier molecular flexibility index (Phi) is 96.3. The Morgan fingerprint density at radius 3 is 0.735 bits per heavy atom. The molecular weight excluding hydrogens is 1410 g/mol. The van der Waals surface area contributed by atoms with Crippen LogP contribution in [0.1, 0.15) is 168 Å². The Hall–Kier alpha value is -7.93. The molecule has 0 spiro atoms. The van der Waals surface area contributed by atoms with E-state index in [9.17, 15) is 32.1 Å². The Labute approximate surface area is 669 Å². The number of alkyl halides is 1. The number of hydrogen-bond donors (Lipinski definition) is 2. The smallest absolute Gasteiger partial charge is 0.917 e. The zero-order chi connectivity index (χ0) is 70.7. The van der Waals surface area contributed by atoms with Gasteiger partial charge in [0.1, 0.15) is 0 Å². The van der Waals surface area contributed by atoms with E-state index < -0.39 is 32.9 Å². The second-order valence-corrected chi connectivity index (χ2v) is 20.7. The van der Waals surface area contributed by atoms with Crippen molar-refractivity contribution in [1.82, 2.24) is 10.6 Å². The molecule has 0 heterocycles. The number of carbonyl (C=O) groups is 4. The minimum absolute atomic E-state index is 0. The van der Waals surface area contributed by atoms with Gasteiger partial charge in [-0.1, -0.05) is 125 Å². The first-order valence-electron chi connectivity index (χ1n) is 29.8. The van der Waals surface area contributed by atoms with Gasteiger partial charge >= 0.3 is 88.7 Å². The van der Waals surface area contributed by atoms with Gasteiger partial charge in [-0.2, -0.15) is 11.0 Å². The number of rotatable bonds is 33. The van der Waals surface area contributed by atoms with Crippen molar-refractivity contribution in [2.45, 2.75) is 168 Å². The SMILES string of the molecule is C#CC#CC#CC#CC#CC#CC#CC#CC#CC#CC#CC#CC#CC#CC#CC#CC#CC#CC#CC#CC#C.CCC(=O)C(=O)NCCCC/C=C\CCCCCCCCCI.CCC(=O)C(=O)NCCCC/C=C\CCCCCCCCCS(=O)(=O)[O-].O=[S-](=O)[O-].[Na+].[Na+].[Na+]. The number of ketones is 2. The summed E-state index contributed by atoms with van der Waals surface area (Å²) in [6, 6.07) is 0. The van der Waals surface area contributed by atoms with E-state index in [4.69, 9.17) is 25.8 Å². The molecule has 18 heteroatoms. The second-order valence-electron chi connectivity index (χ2n) is 17.7. The normalized spacial score (nSPS) is 7.71. The molecule has 0 aromatic heterocycles. The molecule has 0 atom stereocenters. The third-order valence-electron chi connectivity index (χ3n) is 10.4. The number of Topliss-reactive ketones (excluding diaryl/α,β-unsaturated/α-hetero) is 2. The van der Waals surface area contributed by atoms with E-state index in [0.29, 0.717) is 19.5 Å². The van der Waals surface area contributed by atoms with Gasteiger partial charge in [-0.05, 0) is 176 Å². The molecule has 0 rings (SSSR count). The minimum Gasteiger partial charge on any atom is -0.917 e. The molecule has 0 bridgehead atoms. The topological polar surface area (TPSA) is 207 Å². The molecule has 2 N–H and O–H groups in total. The van der Waals surface area contributed by atoms with Crippen LogP contribution in [0.25, 0.3) is 0 Å². The van der Waals surface area contributed by atoms with Crippen LogP contribution in [-0.2, 0) is 48.7 Å². The third-order valence-corrected chi connectivity index (χ3v) is 11.9. The van der Waals surface area contributed by atoms with Gasteiger partial charge in [0.25, 0.3) is 11.8 Å². The standard InChI is InChI=1S/C42H2.C19H34INO2.C19H35NO5S.3Na.O3S/c1-3-5-7-9-11-13-15-17-19-21-23-25-27-29-31-33-35-37-39-41-42-40-38-36-34-32-30-28-26-24-22-20-18-16-14-12-10-8-6-4-2;1-2-18(22)19(23)21-17-15-13-11-9-7-5-3-4-6-8-10-12-14-16-20;1-2-18(21)19(22)20-16-14-12-10-8-6-4-3-5-7-9-11-13-15-17-26(23,24)25;;;;1-4(2)3/h1-2H;7,9H,2-6,8,10-17H2,1H3,(H,21,23);6,8H,2-5,7,9-17H2,1H3,(H,20,22)(H,23,24,25);;;;/q;;;3*+1;-2/p-1/b;9-7-;8-6-;;;;. The van der Waals surface area contributed by atoms with Crippen LogP contribution in [0.5, 0.6) is 0 Å². The quantitative estimate of drug-likeness (QED) is 0.00831. The predicted molar refractivity (Wildman–Crippen MR) is 385 cm³/mol. The van der Waals surface area contributed by atoms with Gasteiger partial charge in [0, 0.05) is 174 Å². The average molecular weight is 1480 g/mol. The molecular formula is C80H70IN2Na3O10S2. The predicted octanol–water partition coefficient (Wildman–Crippen LogP) is -0.406. The maximum Gasteiger partial charge on any atom is 1.00 e. The van der Waals surface area contributed by atoms with Crippen molar-refractivity contribution >= 4 is 67.1 Å². The molecule has 0 saturated carbocycles. The Bertz CT molecular complexity index is 3960. The fourth-order valence-corrected chi connectivity index (χ4v) is 7.13. The maximum atomic E-state index is 11.2. The molecule has 0 aliphatic heterocycles. The van der Waals surface area contributed by atoms with Crippen molar-refractivity contribution in [2.24, 2.45) is 0 Å². The summed E-state index contributed by atoms with van der Waals surface area (Å²) in [5.74, 6) is 96.3. The summed E-state index contributed by atoms with van der Waals surface area (Å²) in [7, 11) is -7.15. The molecule has 0 fully saturated rings. The number of amides is 2. The van der Waals surface area contributed by atoms with Gasteiger partial charge < -0.3 is 28.2 Å². The van der Waals surface area contributed by atoms with Gasteiger partial charge in [0.15, 0.2) is 0 Å². The Morgan fingerprint density at radius 1 is 0.357 bits per heavy atom. The molecule has 98 heavy (non-hydrogen) atoms. The molecule has 0 radical (unpaired) electrons. The number of nitrogens with one attached hydrogen (secondary N) is 2. The van der Waals surface area contributed by atoms with Gasteiger partial charge in [-0.15, -0.1) is 12.8 Å². The number of terminal acetylenes is 2. The second kappa shape index (κ2) is 91.1. The van der Waals surface area contributed by atoms with Gasteiger partial charge in [-0.3, -0.25) is 19.2 Å². The summed E-state index contributed by atoms with van der Waals surface area (Å²) < 4.78 is 57.9. The van der Waals surface area contributed by atoms with E-state index in [0.717, 1.165) is 77.0 Å². The summed E-state index contributed by atoms with van der Waals surface area (Å²) in [6.07, 6.45) is 43.9. The first-order valence-corrected chi connectivity index (χ1v) is 33.9. The van der Waals surface area contributed by atoms with E-state index in [2.05, 4.69) is 294 Å². The molecule has 0 saturated heterocycles. The first kappa shape index (κ1) is 104. The summed E-state index contributed by atoms with van der Waals surface area (Å²) >= 11 is 2.45. The summed E-state index contributed by atoms with van der Waals surface area (Å²) in [5.41, 5.74) is 0. The molecule has 12 nitrogen and oxygen atoms in total. The Morgan fingerprint density at radius 2 is 0.541 bits per heavy atom. The fourth-order valence-electron chi connectivity index (χ4n) is 6.03. The molecule has 0 aromatic rings. The molecule has 0 aliphatic rings. The number of carbonyl (C=O) groups excluding carboxylic acids is 4. The van der Waals surface area contributed by atoms with Crippen molar-refractivity contribution in [2.75, 3.05) is 23.3 Å². The largest absolute Gasteiger partial charge is 1.00 e. The molecule has 482 valence electrons. The van der Waals surface area contributed by atoms with Crippen LogP contribution in [0, 0.1) is 250 Å². The monoisotopic (exact) mass is 1480 g/mol. The van der Waals surface area contributed by atoms with E-state index in [1.54, 1.807) is 13.8 Å². The summed E-state index contributed by atoms with van der Waals surface area (Å²) in [5, 5.41) is 5.29. The van der Waals surface area contributed by atoms with Crippen LogP contribution in [0.15, 0.2) is 24.3 Å². The first-order chi connectivity index (χ1) is 46.2. The molecule has 0 unspecified atom stereocenters. The summed E-state index contributed by atoms with van der Waals surface area (Å²) in [4.78, 5) is 44.6. The fraction of sp³-hybridized carbons (Fsp3) is 0.375. The molecule has 2 amide bonds. The van der Waals surface area contributed by atoms with Gasteiger partial charge in [0.2, 0.25) is 11.6 Å². The van der Waals surface area contributed by atoms with Crippen LogP contribution in [0.4, 0.5) is 0 Å². The number of allylic oxidation sites excluding steroid dienone is 4. The van der Waals surface area contributed by atoms with Crippen molar-refractivity contribution in [3.63, 3.8) is 0 Å². The molecule has 0 aromatic carbocycles. The molecule has 0 aliphatic carbocycles. The van der Waals surface area contributed by atoms with Crippen molar-refractivity contribution < 1.29 is 134 Å². The van der Waals surface area contributed by atoms with Crippen LogP contribution >= 0.6 is 22.6 Å². The third kappa shape index (κ3) is 104. The zero-order valence-corrected chi connectivity index (χ0v) is 66.3. The summed E-state index contributed by atoms with van der Waals surface area (Å²) in [6.45, 7) is 4.55. The number of unbranched alkanes of at least 4 members (excludes halogenated alkanes) is 18. The van der Waals surface area contributed by atoms with Gasteiger partial charge in [0.05, 0.1) is 10.1 Å². The van der Waals surface area contributed by atoms with Crippen LogP contribution in [0.2, 0.25) is 0 Å². The number of hydrogen-bond acceptors (Lipinski definition) is 11. The van der Waals surface area contributed by atoms with Crippen LogP contribution in [0.3, 0.4) is 0 Å². The van der Waals surface area contributed by atoms with Crippen LogP contribution in [-0.4, -0.2) is 64.2 Å². The minimum atomic E-state index is -4.04. The zero-order valence-electron chi connectivity index (χ0n) is 56.5. The van der Waals surface area contributed by atoms with Crippen LogP contribution < -0.4 is 99.3 Å². The van der Waals surface area contributed by atoms with E-state index >= 15 is 0 Å². The number of halogens is 1. The van der Waals surface area contributed by atoms with Crippen molar-refractivity contribution in [3.05, 3.63) is 24.3 Å². The van der Waals surface area contributed by atoms with E-state index in [1.165, 1.54) is 62.2 Å². The van der Waals surface area contributed by atoms with E-state index in [-0.39, 0.29) is 119 Å². The van der Waals surface area contributed by atoms with Gasteiger partial charge in [-0.25, -0.2) is 8.42 Å². The maximum absolute atomic E-state index is 11.2. The Balaban J connectivity index is -0.000000256. The average Bonchev–Trinajstić information content (AvgIpc) is 2.69. The van der Waals surface area contributed by atoms with Crippen molar-refractivity contribution in [3.8, 4) is 250 Å².